The Hall–Kier alpha value is -1.79. The van der Waals surface area contributed by atoms with Crippen molar-refractivity contribution in [3.63, 3.8) is 0 Å². The highest BCUT2D eigenvalue weighted by atomic mass is 16.5. The molecule has 8 heteroatoms. The van der Waals surface area contributed by atoms with Gasteiger partial charge in [-0.25, -0.2) is 0 Å². The summed E-state index contributed by atoms with van der Waals surface area (Å²) < 4.78 is 21.2. The Bertz CT molecular complexity index is 535. The van der Waals surface area contributed by atoms with Crippen LogP contribution in [-0.2, 0) is 33.3 Å². The molecule has 8 nitrogen and oxygen atoms in total. The third kappa shape index (κ3) is 18.3. The highest BCUT2D eigenvalue weighted by Gasteiger charge is 2.20. The number of terminal acetylenes is 1. The van der Waals surface area contributed by atoms with Gasteiger partial charge in [0, 0.05) is 37.8 Å². The van der Waals surface area contributed by atoms with E-state index in [9.17, 15) is 14.4 Å². The molecule has 0 heterocycles. The number of rotatable bonds is 19. The summed E-state index contributed by atoms with van der Waals surface area (Å²) in [5.74, 6) is 2.38. The van der Waals surface area contributed by atoms with Gasteiger partial charge in [0.25, 0.3) is 0 Å². The Morgan fingerprint density at radius 1 is 0.833 bits per heavy atom. The van der Waals surface area contributed by atoms with E-state index < -0.39 is 5.41 Å². The van der Waals surface area contributed by atoms with E-state index in [-0.39, 0.29) is 30.7 Å². The van der Waals surface area contributed by atoms with Crippen molar-refractivity contribution in [1.29, 1.82) is 0 Å². The summed E-state index contributed by atoms with van der Waals surface area (Å²) in [6.07, 6.45) is 6.82. The Morgan fingerprint density at radius 3 is 2.07 bits per heavy atom. The van der Waals surface area contributed by atoms with Gasteiger partial charge in [0.2, 0.25) is 5.91 Å². The molecule has 0 spiro atoms. The topological polar surface area (TPSA) is 100 Å². The van der Waals surface area contributed by atoms with E-state index in [1.807, 2.05) is 20.8 Å². The average molecular weight is 428 g/mol. The number of ether oxygens (including phenoxy) is 4. The standard InChI is InChI=1S/C22H37NO7/c1-5-6-9-21(26)23-10-12-28-14-15-29-17-19(24)8-7-11-27-13-16-30-18-20(25)22(2,3)4/h1H,6-18H2,2-4H3,(H,23,26). The summed E-state index contributed by atoms with van der Waals surface area (Å²) in [5.41, 5.74) is -0.393. The molecule has 0 aliphatic carbocycles. The normalized spacial score (nSPS) is 11.1. The van der Waals surface area contributed by atoms with Crippen LogP contribution in [0, 0.1) is 17.8 Å². The first kappa shape index (κ1) is 28.2. The molecule has 1 amide bonds. The van der Waals surface area contributed by atoms with Crippen LogP contribution in [0.2, 0.25) is 0 Å². The van der Waals surface area contributed by atoms with Gasteiger partial charge in [-0.2, -0.15) is 0 Å². The van der Waals surface area contributed by atoms with Crippen LogP contribution >= 0.6 is 0 Å². The fourth-order valence-electron chi connectivity index (χ4n) is 1.99. The SMILES string of the molecule is C#CCCC(=O)NCCOCCOCC(=O)CCCOCCOCC(=O)C(C)(C)C. The highest BCUT2D eigenvalue weighted by Crippen LogP contribution is 2.14. The first-order valence-corrected chi connectivity index (χ1v) is 10.3. The van der Waals surface area contributed by atoms with Crippen LogP contribution in [0.25, 0.3) is 0 Å². The van der Waals surface area contributed by atoms with Crippen LogP contribution in [0.5, 0.6) is 0 Å². The van der Waals surface area contributed by atoms with Gasteiger partial charge in [-0.1, -0.05) is 20.8 Å². The van der Waals surface area contributed by atoms with E-state index in [1.165, 1.54) is 0 Å². The van der Waals surface area contributed by atoms with Crippen LogP contribution in [-0.4, -0.2) is 76.9 Å². The van der Waals surface area contributed by atoms with Gasteiger partial charge in [0.05, 0.1) is 33.0 Å². The van der Waals surface area contributed by atoms with Crippen LogP contribution in [0.1, 0.15) is 46.5 Å². The number of Topliss-reactive ketones (excluding diaryl/α,β-unsaturated/α-hetero) is 2. The predicted octanol–water partition coefficient (Wildman–Crippen LogP) is 1.55. The number of nitrogens with one attached hydrogen (secondary N) is 1. The molecule has 172 valence electrons. The molecule has 0 fully saturated rings. The second kappa shape index (κ2) is 18.0. The monoisotopic (exact) mass is 427 g/mol. The van der Waals surface area contributed by atoms with Gasteiger partial charge < -0.3 is 24.3 Å². The third-order valence-corrected chi connectivity index (χ3v) is 3.89. The van der Waals surface area contributed by atoms with Gasteiger partial charge in [-0.15, -0.1) is 12.3 Å². The van der Waals surface area contributed by atoms with E-state index in [0.29, 0.717) is 71.9 Å². The van der Waals surface area contributed by atoms with E-state index >= 15 is 0 Å². The number of carbonyl (C=O) groups is 3. The third-order valence-electron chi connectivity index (χ3n) is 3.89. The Morgan fingerprint density at radius 2 is 1.43 bits per heavy atom. The Balaban J connectivity index is 3.36. The van der Waals surface area contributed by atoms with Gasteiger partial charge in [0.1, 0.15) is 13.2 Å². The first-order chi connectivity index (χ1) is 14.3. The van der Waals surface area contributed by atoms with Crippen molar-refractivity contribution < 1.29 is 33.3 Å². The summed E-state index contributed by atoms with van der Waals surface area (Å²) in [7, 11) is 0. The molecule has 0 bridgehead atoms. The van der Waals surface area contributed by atoms with Gasteiger partial charge >= 0.3 is 0 Å². The Kier molecular flexibility index (Phi) is 16.9. The maximum Gasteiger partial charge on any atom is 0.221 e. The molecule has 1 N–H and O–H groups in total. The largest absolute Gasteiger partial charge is 0.379 e. The average Bonchev–Trinajstić information content (AvgIpc) is 2.69. The number of ketones is 2. The molecule has 0 saturated carbocycles. The predicted molar refractivity (Wildman–Crippen MR) is 113 cm³/mol. The molecule has 0 aromatic carbocycles. The summed E-state index contributed by atoms with van der Waals surface area (Å²) in [6.45, 7) is 8.38. The maximum absolute atomic E-state index is 11.7. The van der Waals surface area contributed by atoms with Gasteiger partial charge in [0.15, 0.2) is 11.6 Å². The van der Waals surface area contributed by atoms with Crippen LogP contribution in [0.4, 0.5) is 0 Å². The van der Waals surface area contributed by atoms with Crippen molar-refractivity contribution in [2.75, 3.05) is 59.4 Å². The number of amides is 1. The van der Waals surface area contributed by atoms with E-state index in [1.54, 1.807) is 0 Å². The van der Waals surface area contributed by atoms with E-state index in [4.69, 9.17) is 25.4 Å². The second-order valence-electron chi connectivity index (χ2n) is 7.70. The zero-order chi connectivity index (χ0) is 22.7. The molecule has 0 aromatic heterocycles. The van der Waals surface area contributed by atoms with Crippen molar-refractivity contribution in [3.8, 4) is 12.3 Å². The molecular formula is C22H37NO7. The quantitative estimate of drug-likeness (QED) is 0.247. The minimum absolute atomic E-state index is 0.00593. The molecular weight excluding hydrogens is 390 g/mol. The minimum atomic E-state index is -0.393. The molecule has 0 unspecified atom stereocenters. The molecule has 0 atom stereocenters. The lowest BCUT2D eigenvalue weighted by atomic mass is 9.91. The zero-order valence-corrected chi connectivity index (χ0v) is 18.6. The molecule has 30 heavy (non-hydrogen) atoms. The Labute approximate surface area is 180 Å². The molecule has 0 aliphatic rings. The summed E-state index contributed by atoms with van der Waals surface area (Å²) in [5, 5.41) is 2.69. The van der Waals surface area contributed by atoms with E-state index in [2.05, 4.69) is 11.2 Å². The van der Waals surface area contributed by atoms with Crippen molar-refractivity contribution in [3.05, 3.63) is 0 Å². The fraction of sp³-hybridized carbons (Fsp3) is 0.773. The summed E-state index contributed by atoms with van der Waals surface area (Å²) in [4.78, 5) is 34.7. The summed E-state index contributed by atoms with van der Waals surface area (Å²) in [6, 6.07) is 0. The molecule has 0 aromatic rings. The van der Waals surface area contributed by atoms with Crippen molar-refractivity contribution in [2.24, 2.45) is 5.41 Å². The second-order valence-corrected chi connectivity index (χ2v) is 7.70. The lowest BCUT2D eigenvalue weighted by Crippen LogP contribution is -2.27. The number of carbonyl (C=O) groups excluding carboxylic acids is 3. The smallest absolute Gasteiger partial charge is 0.221 e. The number of hydrogen-bond acceptors (Lipinski definition) is 7. The van der Waals surface area contributed by atoms with Crippen molar-refractivity contribution >= 4 is 17.5 Å². The number of hydrogen-bond donors (Lipinski definition) is 1. The van der Waals surface area contributed by atoms with Crippen molar-refractivity contribution in [1.82, 2.24) is 5.32 Å². The van der Waals surface area contributed by atoms with Crippen molar-refractivity contribution in [2.45, 2.75) is 46.5 Å². The van der Waals surface area contributed by atoms with Crippen LogP contribution < -0.4 is 5.32 Å². The van der Waals surface area contributed by atoms with Crippen LogP contribution in [0.15, 0.2) is 0 Å². The van der Waals surface area contributed by atoms with Crippen LogP contribution in [0.3, 0.4) is 0 Å². The zero-order valence-electron chi connectivity index (χ0n) is 18.6. The highest BCUT2D eigenvalue weighted by molar-refractivity contribution is 5.84. The molecule has 0 saturated heterocycles. The lowest BCUT2D eigenvalue weighted by Gasteiger charge is -2.16. The van der Waals surface area contributed by atoms with Gasteiger partial charge in [-0.3, -0.25) is 14.4 Å². The minimum Gasteiger partial charge on any atom is -0.379 e. The van der Waals surface area contributed by atoms with E-state index in [0.717, 1.165) is 0 Å². The molecule has 0 radical (unpaired) electrons. The molecule has 0 rings (SSSR count). The molecule has 0 aliphatic heterocycles. The van der Waals surface area contributed by atoms with Gasteiger partial charge in [-0.05, 0) is 6.42 Å². The fourth-order valence-corrected chi connectivity index (χ4v) is 1.99. The lowest BCUT2D eigenvalue weighted by molar-refractivity contribution is -0.131. The summed E-state index contributed by atoms with van der Waals surface area (Å²) >= 11 is 0. The maximum atomic E-state index is 11.7. The first-order valence-electron chi connectivity index (χ1n) is 10.3.